The van der Waals surface area contributed by atoms with Gasteiger partial charge in [-0.05, 0) is 24.1 Å². The zero-order chi connectivity index (χ0) is 15.8. The zero-order valence-corrected chi connectivity index (χ0v) is 12.9. The number of nitrogens with one attached hydrogen (secondary N) is 2. The van der Waals surface area contributed by atoms with E-state index in [9.17, 15) is 0 Å². The molecular formula is C15H16N8. The molecule has 0 spiro atoms. The molecule has 0 bridgehead atoms. The Bertz CT molecular complexity index is 968. The molecule has 0 amide bonds. The summed E-state index contributed by atoms with van der Waals surface area (Å²) in [5, 5.41) is 24.2. The summed E-state index contributed by atoms with van der Waals surface area (Å²) in [5.41, 5.74) is 4.28. The van der Waals surface area contributed by atoms with E-state index < -0.39 is 0 Å². The molecule has 2 N–H and O–H groups in total. The van der Waals surface area contributed by atoms with Gasteiger partial charge in [-0.1, -0.05) is 13.8 Å². The highest BCUT2D eigenvalue weighted by atomic mass is 15.3. The van der Waals surface area contributed by atoms with Crippen LogP contribution in [0.2, 0.25) is 0 Å². The monoisotopic (exact) mass is 308 g/mol. The van der Waals surface area contributed by atoms with E-state index in [1.807, 2.05) is 18.2 Å². The van der Waals surface area contributed by atoms with E-state index in [2.05, 4.69) is 49.6 Å². The van der Waals surface area contributed by atoms with Crippen LogP contribution in [0.15, 0.2) is 30.7 Å². The molecule has 0 saturated carbocycles. The van der Waals surface area contributed by atoms with Gasteiger partial charge >= 0.3 is 0 Å². The first-order chi connectivity index (χ1) is 11.2. The van der Waals surface area contributed by atoms with Crippen LogP contribution in [0.3, 0.4) is 0 Å². The number of aromatic nitrogens is 7. The van der Waals surface area contributed by atoms with Crippen molar-refractivity contribution in [2.45, 2.75) is 26.3 Å². The van der Waals surface area contributed by atoms with Gasteiger partial charge in [-0.15, -0.1) is 10.2 Å². The molecule has 4 heterocycles. The molecule has 0 aliphatic heterocycles. The molecule has 0 unspecified atom stereocenters. The molecule has 0 aliphatic rings. The number of H-pyrrole nitrogens is 1. The second-order valence-corrected chi connectivity index (χ2v) is 5.67. The molecule has 0 fully saturated rings. The fourth-order valence-electron chi connectivity index (χ4n) is 2.48. The fraction of sp³-hybridized carbons (Fsp3) is 0.267. The summed E-state index contributed by atoms with van der Waals surface area (Å²) in [6, 6.07) is 5.93. The molecule has 0 atom stereocenters. The van der Waals surface area contributed by atoms with Crippen molar-refractivity contribution in [3.8, 4) is 0 Å². The standard InChI is InChI=1S/C15H16N8/c1-9(2)11-6-12(15-21-18-8-23(15)22-11)17-7-13-10-4-3-5-16-14(10)20-19-13/h3-6,8-9,17H,7H2,1-2H3,(H,16,19,20). The second-order valence-electron chi connectivity index (χ2n) is 5.67. The predicted octanol–water partition coefficient (Wildman–Crippen LogP) is 2.13. The fourth-order valence-corrected chi connectivity index (χ4v) is 2.48. The number of hydrogen-bond acceptors (Lipinski definition) is 6. The van der Waals surface area contributed by atoms with Crippen LogP contribution in [-0.2, 0) is 6.54 Å². The Balaban J connectivity index is 1.68. The number of rotatable bonds is 4. The molecule has 23 heavy (non-hydrogen) atoms. The van der Waals surface area contributed by atoms with E-state index >= 15 is 0 Å². The molecular weight excluding hydrogens is 292 g/mol. The van der Waals surface area contributed by atoms with Gasteiger partial charge in [0.25, 0.3) is 0 Å². The van der Waals surface area contributed by atoms with Gasteiger partial charge in [-0.25, -0.2) is 4.98 Å². The predicted molar refractivity (Wildman–Crippen MR) is 86.1 cm³/mol. The molecule has 4 aromatic heterocycles. The van der Waals surface area contributed by atoms with Crippen LogP contribution in [0.4, 0.5) is 5.69 Å². The maximum atomic E-state index is 4.51. The van der Waals surface area contributed by atoms with E-state index in [0.29, 0.717) is 18.1 Å². The van der Waals surface area contributed by atoms with Crippen LogP contribution in [0.1, 0.15) is 31.2 Å². The van der Waals surface area contributed by atoms with E-state index in [0.717, 1.165) is 28.1 Å². The van der Waals surface area contributed by atoms with Gasteiger partial charge in [0.05, 0.1) is 23.6 Å². The minimum absolute atomic E-state index is 0.319. The van der Waals surface area contributed by atoms with Crippen LogP contribution in [0, 0.1) is 0 Å². The summed E-state index contributed by atoms with van der Waals surface area (Å²) in [6.45, 7) is 4.80. The van der Waals surface area contributed by atoms with Crippen molar-refractivity contribution < 1.29 is 0 Å². The third-order valence-electron chi connectivity index (χ3n) is 3.74. The van der Waals surface area contributed by atoms with Crippen molar-refractivity contribution in [3.63, 3.8) is 0 Å². The molecule has 4 rings (SSSR count). The Morgan fingerprint density at radius 3 is 3.13 bits per heavy atom. The smallest absolute Gasteiger partial charge is 0.200 e. The number of pyridine rings is 1. The average molecular weight is 308 g/mol. The lowest BCUT2D eigenvalue weighted by Crippen LogP contribution is -2.06. The topological polar surface area (TPSA) is 96.7 Å². The number of anilines is 1. The Hall–Kier alpha value is -3.03. The molecule has 8 heteroatoms. The van der Waals surface area contributed by atoms with Crippen molar-refractivity contribution in [1.29, 1.82) is 0 Å². The van der Waals surface area contributed by atoms with Gasteiger partial charge in [0.2, 0.25) is 5.65 Å². The van der Waals surface area contributed by atoms with Gasteiger partial charge in [0.15, 0.2) is 5.65 Å². The summed E-state index contributed by atoms with van der Waals surface area (Å²) < 4.78 is 1.70. The van der Waals surface area contributed by atoms with Gasteiger partial charge in [0, 0.05) is 11.6 Å². The molecule has 0 saturated heterocycles. The van der Waals surface area contributed by atoms with Crippen molar-refractivity contribution in [2.75, 3.05) is 5.32 Å². The molecule has 4 aromatic rings. The largest absolute Gasteiger partial charge is 0.376 e. The minimum Gasteiger partial charge on any atom is -0.376 e. The normalized spacial score (nSPS) is 11.6. The minimum atomic E-state index is 0.319. The third kappa shape index (κ3) is 2.37. The second kappa shape index (κ2) is 5.31. The Morgan fingerprint density at radius 2 is 2.26 bits per heavy atom. The Kier molecular flexibility index (Phi) is 3.14. The zero-order valence-electron chi connectivity index (χ0n) is 12.9. The molecule has 0 aliphatic carbocycles. The summed E-state index contributed by atoms with van der Waals surface area (Å²) in [5.74, 6) is 0.319. The van der Waals surface area contributed by atoms with Crippen LogP contribution in [-0.4, -0.2) is 35.0 Å². The van der Waals surface area contributed by atoms with Gasteiger partial charge in [-0.2, -0.15) is 14.7 Å². The van der Waals surface area contributed by atoms with E-state index in [4.69, 9.17) is 0 Å². The quantitative estimate of drug-likeness (QED) is 0.599. The first-order valence-electron chi connectivity index (χ1n) is 7.45. The van der Waals surface area contributed by atoms with Gasteiger partial charge in [-0.3, -0.25) is 5.10 Å². The van der Waals surface area contributed by atoms with E-state index in [1.54, 1.807) is 17.0 Å². The summed E-state index contributed by atoms with van der Waals surface area (Å²) in [7, 11) is 0. The Morgan fingerprint density at radius 1 is 1.35 bits per heavy atom. The highest BCUT2D eigenvalue weighted by molar-refractivity contribution is 5.78. The van der Waals surface area contributed by atoms with Crippen molar-refractivity contribution in [2.24, 2.45) is 0 Å². The molecule has 8 nitrogen and oxygen atoms in total. The lowest BCUT2D eigenvalue weighted by Gasteiger charge is -2.10. The van der Waals surface area contributed by atoms with Crippen LogP contribution < -0.4 is 5.32 Å². The maximum absolute atomic E-state index is 4.51. The van der Waals surface area contributed by atoms with Gasteiger partial charge < -0.3 is 5.32 Å². The molecule has 0 aromatic carbocycles. The number of aromatic amines is 1. The summed E-state index contributed by atoms with van der Waals surface area (Å²) >= 11 is 0. The van der Waals surface area contributed by atoms with Gasteiger partial charge in [0.1, 0.15) is 6.33 Å². The van der Waals surface area contributed by atoms with Crippen LogP contribution in [0.5, 0.6) is 0 Å². The van der Waals surface area contributed by atoms with Crippen molar-refractivity contribution >= 4 is 22.4 Å². The van der Waals surface area contributed by atoms with Crippen LogP contribution >= 0.6 is 0 Å². The molecule has 0 radical (unpaired) electrons. The van der Waals surface area contributed by atoms with E-state index in [1.165, 1.54) is 0 Å². The van der Waals surface area contributed by atoms with Crippen molar-refractivity contribution in [1.82, 2.24) is 35.0 Å². The first kappa shape index (κ1) is 13.6. The highest BCUT2D eigenvalue weighted by Gasteiger charge is 2.11. The average Bonchev–Trinajstić information content (AvgIpc) is 3.19. The number of hydrogen-bond donors (Lipinski definition) is 2. The Labute approximate surface area is 132 Å². The van der Waals surface area contributed by atoms with E-state index in [-0.39, 0.29) is 0 Å². The number of fused-ring (bicyclic) bond motifs is 2. The molecule has 116 valence electrons. The lowest BCUT2D eigenvalue weighted by atomic mass is 10.1. The lowest BCUT2D eigenvalue weighted by molar-refractivity contribution is 0.762. The highest BCUT2D eigenvalue weighted by Crippen LogP contribution is 2.21. The SMILES string of the molecule is CC(C)c1cc(NCc2[nH]nc3ncccc23)c2nncn2n1. The maximum Gasteiger partial charge on any atom is 0.200 e. The third-order valence-corrected chi connectivity index (χ3v) is 3.74. The first-order valence-corrected chi connectivity index (χ1v) is 7.45. The van der Waals surface area contributed by atoms with Crippen molar-refractivity contribution in [3.05, 3.63) is 42.1 Å². The summed E-state index contributed by atoms with van der Waals surface area (Å²) in [4.78, 5) is 4.23. The summed E-state index contributed by atoms with van der Waals surface area (Å²) in [6.07, 6.45) is 3.35. The van der Waals surface area contributed by atoms with Crippen LogP contribution in [0.25, 0.3) is 16.7 Å². The number of nitrogens with zero attached hydrogens (tertiary/aromatic N) is 6.